The predicted octanol–water partition coefficient (Wildman–Crippen LogP) is 3.44. The maximum absolute atomic E-state index is 13.1. The molecule has 1 saturated heterocycles. The van der Waals surface area contributed by atoms with Crippen LogP contribution in [0.4, 0.5) is 0 Å². The molecule has 0 aromatic carbocycles. The van der Waals surface area contributed by atoms with Gasteiger partial charge in [0.2, 0.25) is 0 Å². The Labute approximate surface area is 137 Å². The molecule has 0 spiro atoms. The Morgan fingerprint density at radius 1 is 1.32 bits per heavy atom. The first-order chi connectivity index (χ1) is 10.7. The number of carbonyl (C=O) groups excluding carboxylic acids is 1. The lowest BCUT2D eigenvalue weighted by Gasteiger charge is -2.28. The number of likely N-dealkylation sites (tertiary alicyclic amines) is 1. The number of amides is 1. The second-order valence-electron chi connectivity index (χ2n) is 6.52. The Bertz CT molecular complexity index is 524. The van der Waals surface area contributed by atoms with Crippen molar-refractivity contribution in [2.75, 3.05) is 18.8 Å². The molecule has 2 fully saturated rings. The molecule has 1 atom stereocenters. The zero-order valence-corrected chi connectivity index (χ0v) is 14.6. The summed E-state index contributed by atoms with van der Waals surface area (Å²) in [7, 11) is 1.91. The SMILES string of the molecule is CCSC1CCCCN(C(=O)c2c(C3CCC3)cnn2C)C1. The molecule has 4 nitrogen and oxygen atoms in total. The van der Waals surface area contributed by atoms with Crippen LogP contribution in [-0.2, 0) is 7.05 Å². The summed E-state index contributed by atoms with van der Waals surface area (Å²) in [4.78, 5) is 15.2. The van der Waals surface area contributed by atoms with E-state index in [9.17, 15) is 4.79 Å². The highest BCUT2D eigenvalue weighted by Gasteiger charge is 2.31. The number of nitrogens with zero attached hydrogens (tertiary/aromatic N) is 3. The first-order valence-corrected chi connectivity index (χ1v) is 9.68. The van der Waals surface area contributed by atoms with Crippen LogP contribution in [-0.4, -0.2) is 44.7 Å². The highest BCUT2D eigenvalue weighted by atomic mass is 32.2. The molecule has 1 unspecified atom stereocenters. The number of aromatic nitrogens is 2. The van der Waals surface area contributed by atoms with Gasteiger partial charge in [-0.2, -0.15) is 16.9 Å². The molecule has 3 rings (SSSR count). The molecule has 1 aliphatic carbocycles. The number of rotatable bonds is 4. The standard InChI is InChI=1S/C17H27N3OS/c1-3-22-14-9-4-5-10-20(12-14)17(21)16-15(11-18-19(16)2)13-7-6-8-13/h11,13-14H,3-10,12H2,1-2H3. The largest absolute Gasteiger partial charge is 0.336 e. The highest BCUT2D eigenvalue weighted by Crippen LogP contribution is 2.38. The molecular weight excluding hydrogens is 294 g/mol. The Balaban J connectivity index is 1.78. The minimum absolute atomic E-state index is 0.200. The van der Waals surface area contributed by atoms with Crippen molar-refractivity contribution >= 4 is 17.7 Å². The first-order valence-electron chi connectivity index (χ1n) is 8.63. The van der Waals surface area contributed by atoms with Gasteiger partial charge in [-0.3, -0.25) is 9.48 Å². The van der Waals surface area contributed by atoms with Gasteiger partial charge >= 0.3 is 0 Å². The van der Waals surface area contributed by atoms with Crippen LogP contribution in [0, 0.1) is 0 Å². The van der Waals surface area contributed by atoms with Gasteiger partial charge < -0.3 is 4.90 Å². The average molecular weight is 321 g/mol. The normalized spacial score (nSPS) is 23.2. The molecule has 1 aliphatic heterocycles. The lowest BCUT2D eigenvalue weighted by Crippen LogP contribution is -2.37. The molecule has 1 aromatic heterocycles. The van der Waals surface area contributed by atoms with Gasteiger partial charge in [0.1, 0.15) is 5.69 Å². The molecule has 1 saturated carbocycles. The summed E-state index contributed by atoms with van der Waals surface area (Å²) in [5, 5.41) is 4.97. The molecule has 2 heterocycles. The van der Waals surface area contributed by atoms with Gasteiger partial charge in [0.15, 0.2) is 0 Å². The van der Waals surface area contributed by atoms with Crippen LogP contribution in [0.25, 0.3) is 0 Å². The highest BCUT2D eigenvalue weighted by molar-refractivity contribution is 7.99. The van der Waals surface area contributed by atoms with Gasteiger partial charge in [-0.1, -0.05) is 19.8 Å². The van der Waals surface area contributed by atoms with Gasteiger partial charge in [0, 0.05) is 31.0 Å². The second-order valence-corrected chi connectivity index (χ2v) is 8.10. The van der Waals surface area contributed by atoms with Crippen molar-refractivity contribution in [2.24, 2.45) is 7.05 Å². The van der Waals surface area contributed by atoms with E-state index in [2.05, 4.69) is 16.9 Å². The quantitative estimate of drug-likeness (QED) is 0.852. The number of aryl methyl sites for hydroxylation is 1. The van der Waals surface area contributed by atoms with E-state index in [0.29, 0.717) is 11.2 Å². The number of carbonyl (C=O) groups is 1. The molecular formula is C17H27N3OS. The number of hydrogen-bond donors (Lipinski definition) is 0. The third-order valence-electron chi connectivity index (χ3n) is 5.03. The molecule has 1 amide bonds. The van der Waals surface area contributed by atoms with Crippen LogP contribution >= 0.6 is 11.8 Å². The molecule has 0 bridgehead atoms. The van der Waals surface area contributed by atoms with Crippen LogP contribution in [0.15, 0.2) is 6.20 Å². The smallest absolute Gasteiger partial charge is 0.272 e. The van der Waals surface area contributed by atoms with E-state index in [1.54, 1.807) is 4.68 Å². The topological polar surface area (TPSA) is 38.1 Å². The van der Waals surface area contributed by atoms with E-state index < -0.39 is 0 Å². The Hall–Kier alpha value is -0.970. The Kier molecular flexibility index (Phi) is 5.11. The zero-order valence-electron chi connectivity index (χ0n) is 13.8. The Morgan fingerprint density at radius 3 is 2.82 bits per heavy atom. The molecule has 22 heavy (non-hydrogen) atoms. The fraction of sp³-hybridized carbons (Fsp3) is 0.765. The van der Waals surface area contributed by atoms with Crippen LogP contribution in [0.2, 0.25) is 0 Å². The Morgan fingerprint density at radius 2 is 2.14 bits per heavy atom. The van der Waals surface area contributed by atoms with Crippen LogP contribution < -0.4 is 0 Å². The monoisotopic (exact) mass is 321 g/mol. The van der Waals surface area contributed by atoms with Gasteiger partial charge in [0.05, 0.1) is 6.20 Å². The lowest BCUT2D eigenvalue weighted by atomic mass is 9.80. The van der Waals surface area contributed by atoms with Gasteiger partial charge in [-0.25, -0.2) is 0 Å². The van der Waals surface area contributed by atoms with Gasteiger partial charge in [-0.15, -0.1) is 0 Å². The van der Waals surface area contributed by atoms with E-state index in [1.165, 1.54) is 37.7 Å². The lowest BCUT2D eigenvalue weighted by molar-refractivity contribution is 0.0750. The number of hydrogen-bond acceptors (Lipinski definition) is 3. The molecule has 122 valence electrons. The summed E-state index contributed by atoms with van der Waals surface area (Å²) in [5.41, 5.74) is 2.02. The fourth-order valence-corrected chi connectivity index (χ4v) is 4.63. The van der Waals surface area contributed by atoms with Crippen molar-refractivity contribution < 1.29 is 4.79 Å². The average Bonchev–Trinajstić information content (AvgIpc) is 2.68. The number of thioether (sulfide) groups is 1. The zero-order chi connectivity index (χ0) is 15.5. The summed E-state index contributed by atoms with van der Waals surface area (Å²) >= 11 is 2.00. The fourth-order valence-electron chi connectivity index (χ4n) is 3.54. The van der Waals surface area contributed by atoms with E-state index in [1.807, 2.05) is 25.0 Å². The molecule has 1 aromatic rings. The molecule has 2 aliphatic rings. The van der Waals surface area contributed by atoms with Crippen LogP contribution in [0.1, 0.15) is 67.4 Å². The van der Waals surface area contributed by atoms with Crippen molar-refractivity contribution in [2.45, 2.75) is 56.6 Å². The maximum Gasteiger partial charge on any atom is 0.272 e. The summed E-state index contributed by atoms with van der Waals surface area (Å²) < 4.78 is 1.79. The van der Waals surface area contributed by atoms with Crippen molar-refractivity contribution in [1.82, 2.24) is 14.7 Å². The van der Waals surface area contributed by atoms with E-state index in [0.717, 1.165) is 31.0 Å². The summed E-state index contributed by atoms with van der Waals surface area (Å²) in [5.74, 6) is 1.89. The molecule has 0 radical (unpaired) electrons. The van der Waals surface area contributed by atoms with Crippen LogP contribution in [0.5, 0.6) is 0 Å². The molecule has 5 heteroatoms. The molecule has 0 N–H and O–H groups in total. The van der Waals surface area contributed by atoms with Gasteiger partial charge in [-0.05, 0) is 37.4 Å². The van der Waals surface area contributed by atoms with Crippen molar-refractivity contribution in [1.29, 1.82) is 0 Å². The summed E-state index contributed by atoms with van der Waals surface area (Å²) in [6.07, 6.45) is 9.23. The maximum atomic E-state index is 13.1. The van der Waals surface area contributed by atoms with Gasteiger partial charge in [0.25, 0.3) is 5.91 Å². The van der Waals surface area contributed by atoms with Crippen molar-refractivity contribution in [3.8, 4) is 0 Å². The minimum atomic E-state index is 0.200. The van der Waals surface area contributed by atoms with E-state index in [4.69, 9.17) is 0 Å². The van der Waals surface area contributed by atoms with E-state index in [-0.39, 0.29) is 5.91 Å². The predicted molar refractivity (Wildman–Crippen MR) is 91.5 cm³/mol. The van der Waals surface area contributed by atoms with Crippen LogP contribution in [0.3, 0.4) is 0 Å². The third-order valence-corrected chi connectivity index (χ3v) is 6.22. The minimum Gasteiger partial charge on any atom is -0.336 e. The first kappa shape index (κ1) is 15.9. The van der Waals surface area contributed by atoms with Crippen molar-refractivity contribution in [3.63, 3.8) is 0 Å². The third kappa shape index (κ3) is 3.19. The van der Waals surface area contributed by atoms with E-state index >= 15 is 0 Å². The van der Waals surface area contributed by atoms with Crippen molar-refractivity contribution in [3.05, 3.63) is 17.5 Å². The second kappa shape index (κ2) is 7.07. The summed E-state index contributed by atoms with van der Waals surface area (Å²) in [6.45, 7) is 4.00. The summed E-state index contributed by atoms with van der Waals surface area (Å²) in [6, 6.07) is 0.